The summed E-state index contributed by atoms with van der Waals surface area (Å²) in [6, 6.07) is 17.3. The van der Waals surface area contributed by atoms with Gasteiger partial charge in [0.2, 0.25) is 5.43 Å². The second kappa shape index (κ2) is 8.75. The first-order valence-electron chi connectivity index (χ1n) is 9.36. The molecule has 31 heavy (non-hydrogen) atoms. The van der Waals surface area contributed by atoms with Crippen LogP contribution in [0, 0.1) is 6.92 Å². The Kier molecular flexibility index (Phi) is 5.88. The van der Waals surface area contributed by atoms with Crippen molar-refractivity contribution in [1.29, 1.82) is 0 Å². The van der Waals surface area contributed by atoms with Crippen molar-refractivity contribution in [3.8, 4) is 5.69 Å². The topological polar surface area (TPSA) is 81.8 Å². The molecule has 0 unspecified atom stereocenters. The summed E-state index contributed by atoms with van der Waals surface area (Å²) in [6.45, 7) is 2.10. The van der Waals surface area contributed by atoms with Crippen molar-refractivity contribution in [2.24, 2.45) is 0 Å². The third-order valence-electron chi connectivity index (χ3n) is 4.63. The fourth-order valence-electron chi connectivity index (χ4n) is 3.08. The monoisotopic (exact) mass is 453 g/mol. The van der Waals surface area contributed by atoms with E-state index in [1.807, 2.05) is 18.2 Å². The number of carbonyl (C=O) groups excluding carboxylic acids is 1. The van der Waals surface area contributed by atoms with Gasteiger partial charge in [0.25, 0.3) is 5.91 Å². The highest BCUT2D eigenvalue weighted by Crippen LogP contribution is 2.18. The highest BCUT2D eigenvalue weighted by Gasteiger charge is 2.17. The van der Waals surface area contributed by atoms with Crippen molar-refractivity contribution in [3.63, 3.8) is 0 Å². The van der Waals surface area contributed by atoms with Gasteiger partial charge >= 0.3 is 0 Å². The van der Waals surface area contributed by atoms with Crippen LogP contribution in [-0.4, -0.2) is 25.5 Å². The quantitative estimate of drug-likeness (QED) is 0.486. The molecule has 0 aliphatic carbocycles. The molecule has 2 aromatic carbocycles. The minimum Gasteiger partial charge on any atom is -0.305 e. The van der Waals surface area contributed by atoms with Crippen LogP contribution in [0.15, 0.2) is 71.7 Å². The molecule has 2 heterocycles. The number of carbonyl (C=O) groups is 1. The van der Waals surface area contributed by atoms with E-state index in [0.717, 1.165) is 5.56 Å². The molecule has 0 spiro atoms. The Labute approximate surface area is 187 Å². The first-order chi connectivity index (χ1) is 14.9. The van der Waals surface area contributed by atoms with Gasteiger partial charge in [-0.15, -0.1) is 0 Å². The molecule has 0 saturated carbocycles. The van der Waals surface area contributed by atoms with Crippen molar-refractivity contribution in [1.82, 2.24) is 19.6 Å². The Bertz CT molecular complexity index is 1310. The van der Waals surface area contributed by atoms with E-state index in [-0.39, 0.29) is 5.69 Å². The summed E-state index contributed by atoms with van der Waals surface area (Å²) in [4.78, 5) is 25.3. The van der Waals surface area contributed by atoms with Crippen molar-refractivity contribution >= 4 is 34.9 Å². The van der Waals surface area contributed by atoms with Crippen molar-refractivity contribution < 1.29 is 4.79 Å². The second-order valence-electron chi connectivity index (χ2n) is 6.81. The highest BCUT2D eigenvalue weighted by molar-refractivity contribution is 6.31. The number of rotatable bonds is 5. The Morgan fingerprint density at radius 1 is 1.06 bits per heavy atom. The first-order valence-corrected chi connectivity index (χ1v) is 10.1. The number of anilines is 1. The number of aromatic nitrogens is 4. The fraction of sp³-hybridized carbons (Fsp3) is 0.0909. The predicted molar refractivity (Wildman–Crippen MR) is 120 cm³/mol. The number of benzene rings is 2. The Balaban J connectivity index is 1.62. The maximum absolute atomic E-state index is 12.9. The normalized spacial score (nSPS) is 10.8. The molecule has 0 saturated heterocycles. The van der Waals surface area contributed by atoms with Crippen LogP contribution in [0.5, 0.6) is 0 Å². The zero-order valence-electron chi connectivity index (χ0n) is 16.4. The molecule has 0 aliphatic rings. The van der Waals surface area contributed by atoms with E-state index in [9.17, 15) is 9.59 Å². The van der Waals surface area contributed by atoms with Gasteiger partial charge in [-0.2, -0.15) is 10.2 Å². The molecule has 1 N–H and O–H groups in total. The van der Waals surface area contributed by atoms with E-state index >= 15 is 0 Å². The lowest BCUT2D eigenvalue weighted by Gasteiger charge is -2.12. The maximum atomic E-state index is 12.9. The summed E-state index contributed by atoms with van der Waals surface area (Å²) in [5.74, 6) is -0.210. The largest absolute Gasteiger partial charge is 0.305 e. The summed E-state index contributed by atoms with van der Waals surface area (Å²) in [7, 11) is 0. The molecule has 0 fully saturated rings. The van der Waals surface area contributed by atoms with Gasteiger partial charge in [-0.1, -0.05) is 41.4 Å². The molecule has 0 aliphatic heterocycles. The lowest BCUT2D eigenvalue weighted by atomic mass is 10.2. The van der Waals surface area contributed by atoms with Gasteiger partial charge < -0.3 is 5.32 Å². The van der Waals surface area contributed by atoms with E-state index in [1.54, 1.807) is 54.2 Å². The van der Waals surface area contributed by atoms with Gasteiger partial charge in [0.15, 0.2) is 5.69 Å². The van der Waals surface area contributed by atoms with Crippen molar-refractivity contribution in [3.05, 3.63) is 104 Å². The fourth-order valence-corrected chi connectivity index (χ4v) is 3.40. The van der Waals surface area contributed by atoms with E-state index in [4.69, 9.17) is 23.2 Å². The molecular formula is C22H17Cl2N5O2. The molecule has 0 atom stereocenters. The van der Waals surface area contributed by atoms with Gasteiger partial charge in [0, 0.05) is 27.9 Å². The summed E-state index contributed by atoms with van der Waals surface area (Å²) < 4.78 is 3.11. The molecule has 1 amide bonds. The van der Waals surface area contributed by atoms with Crippen LogP contribution in [0.2, 0.25) is 10.0 Å². The van der Waals surface area contributed by atoms with Crippen LogP contribution in [0.1, 0.15) is 21.7 Å². The maximum Gasteiger partial charge on any atom is 0.281 e. The van der Waals surface area contributed by atoms with Gasteiger partial charge in [-0.3, -0.25) is 9.59 Å². The molecule has 4 rings (SSSR count). The van der Waals surface area contributed by atoms with Crippen LogP contribution < -0.4 is 10.7 Å². The van der Waals surface area contributed by atoms with Gasteiger partial charge in [-0.05, 0) is 42.8 Å². The number of amides is 1. The lowest BCUT2D eigenvalue weighted by Crippen LogP contribution is -2.27. The minimum atomic E-state index is -0.631. The van der Waals surface area contributed by atoms with Crippen LogP contribution >= 0.6 is 23.2 Å². The number of hydrogen-bond acceptors (Lipinski definition) is 4. The van der Waals surface area contributed by atoms with E-state index in [1.165, 1.54) is 10.7 Å². The number of nitrogens with zero attached hydrogens (tertiary/aromatic N) is 4. The molecule has 2 aromatic heterocycles. The van der Waals surface area contributed by atoms with E-state index < -0.39 is 11.3 Å². The minimum absolute atomic E-state index is 0.231. The first kappa shape index (κ1) is 20.8. The smallest absolute Gasteiger partial charge is 0.281 e. The van der Waals surface area contributed by atoms with Crippen LogP contribution in [0.4, 0.5) is 5.82 Å². The molecule has 4 aromatic rings. The number of nitrogens with one attached hydrogen (secondary N) is 1. The zero-order chi connectivity index (χ0) is 22.0. The molecule has 7 nitrogen and oxygen atoms in total. The van der Waals surface area contributed by atoms with Crippen LogP contribution in [0.3, 0.4) is 0 Å². The Morgan fingerprint density at radius 3 is 2.55 bits per heavy atom. The Hall–Kier alpha value is -3.42. The average molecular weight is 454 g/mol. The zero-order valence-corrected chi connectivity index (χ0v) is 17.9. The molecule has 9 heteroatoms. The number of aryl methyl sites for hydroxylation is 1. The second-order valence-corrected chi connectivity index (χ2v) is 7.65. The van der Waals surface area contributed by atoms with Crippen molar-refractivity contribution in [2.75, 3.05) is 5.32 Å². The van der Waals surface area contributed by atoms with Crippen LogP contribution in [0.25, 0.3) is 5.69 Å². The van der Waals surface area contributed by atoms with Gasteiger partial charge in [0.05, 0.1) is 18.4 Å². The lowest BCUT2D eigenvalue weighted by molar-refractivity contribution is 0.101. The van der Waals surface area contributed by atoms with Gasteiger partial charge in [0.1, 0.15) is 5.82 Å². The summed E-state index contributed by atoms with van der Waals surface area (Å²) in [5, 5.41) is 12.4. The third-order valence-corrected chi connectivity index (χ3v) is 5.25. The van der Waals surface area contributed by atoms with Crippen molar-refractivity contribution in [2.45, 2.75) is 13.5 Å². The average Bonchev–Trinajstić information content (AvgIpc) is 3.17. The van der Waals surface area contributed by atoms with E-state index in [2.05, 4.69) is 15.5 Å². The predicted octanol–water partition coefficient (Wildman–Crippen LogP) is 4.34. The number of halogens is 2. The number of hydrogen-bond donors (Lipinski definition) is 1. The Morgan fingerprint density at radius 2 is 1.81 bits per heavy atom. The van der Waals surface area contributed by atoms with Gasteiger partial charge in [-0.25, -0.2) is 9.36 Å². The molecule has 0 bridgehead atoms. The molecule has 156 valence electrons. The standard InChI is InChI=1S/C22H17Cl2N5O2/c1-14-12-19(30)21(27-29(14)17-8-6-16(23)7-9-17)22(31)26-20-10-11-25-28(20)13-15-4-2-3-5-18(15)24/h2-12H,13H2,1H3,(H,26,31). The highest BCUT2D eigenvalue weighted by atomic mass is 35.5. The summed E-state index contributed by atoms with van der Waals surface area (Å²) in [6.07, 6.45) is 1.56. The molecule has 0 radical (unpaired) electrons. The van der Waals surface area contributed by atoms with E-state index in [0.29, 0.717) is 33.8 Å². The summed E-state index contributed by atoms with van der Waals surface area (Å²) in [5.41, 5.74) is 1.41. The molecular weight excluding hydrogens is 437 g/mol. The SMILES string of the molecule is Cc1cc(=O)c(C(=O)Nc2ccnn2Cc2ccccc2Cl)nn1-c1ccc(Cl)cc1. The third kappa shape index (κ3) is 4.52. The summed E-state index contributed by atoms with van der Waals surface area (Å²) >= 11 is 12.2. The van der Waals surface area contributed by atoms with Crippen LogP contribution in [-0.2, 0) is 6.54 Å².